The van der Waals surface area contributed by atoms with Gasteiger partial charge in [-0.15, -0.1) is 0 Å². The summed E-state index contributed by atoms with van der Waals surface area (Å²) in [5.41, 5.74) is 1.39. The fraction of sp³-hybridized carbons (Fsp3) is 0.278. The number of carbonyl (C=O) groups excluding carboxylic acids is 1. The van der Waals surface area contributed by atoms with Crippen LogP contribution in [0.2, 0.25) is 5.02 Å². The monoisotopic (exact) mass is 387 g/mol. The van der Waals surface area contributed by atoms with Gasteiger partial charge in [-0.05, 0) is 35.9 Å². The summed E-state index contributed by atoms with van der Waals surface area (Å²) in [6.07, 6.45) is -4.29. The molecular weight excluding hydrogens is 371 g/mol. The second-order valence-corrected chi connectivity index (χ2v) is 5.89. The lowest BCUT2D eigenvalue weighted by Gasteiger charge is -2.11. The zero-order chi connectivity index (χ0) is 19.2. The summed E-state index contributed by atoms with van der Waals surface area (Å²) < 4.78 is 46.1. The number of rotatable bonds is 7. The zero-order valence-electron chi connectivity index (χ0n) is 13.9. The van der Waals surface area contributed by atoms with Gasteiger partial charge in [0.05, 0.1) is 13.5 Å². The summed E-state index contributed by atoms with van der Waals surface area (Å²) >= 11 is 5.93. The molecule has 0 heterocycles. The molecule has 26 heavy (non-hydrogen) atoms. The van der Waals surface area contributed by atoms with Gasteiger partial charge >= 0.3 is 6.18 Å². The molecule has 8 heteroatoms. The van der Waals surface area contributed by atoms with Gasteiger partial charge in [-0.2, -0.15) is 13.2 Å². The van der Waals surface area contributed by atoms with Gasteiger partial charge in [0.25, 0.3) is 0 Å². The Hall–Kier alpha value is -2.41. The van der Waals surface area contributed by atoms with E-state index in [2.05, 4.69) is 10.1 Å². The number of alkyl halides is 3. The van der Waals surface area contributed by atoms with E-state index in [-0.39, 0.29) is 24.6 Å². The van der Waals surface area contributed by atoms with Crippen LogP contribution in [0.5, 0.6) is 11.5 Å². The smallest absolute Gasteiger partial charge is 0.422 e. The molecule has 2 rings (SSSR count). The minimum Gasteiger partial charge on any atom is -0.496 e. The summed E-state index contributed by atoms with van der Waals surface area (Å²) in [6, 6.07) is 11.0. The highest BCUT2D eigenvalue weighted by Gasteiger charge is 2.28. The van der Waals surface area contributed by atoms with E-state index in [1.807, 2.05) is 0 Å². The maximum absolute atomic E-state index is 12.1. The molecule has 0 fully saturated rings. The van der Waals surface area contributed by atoms with Crippen LogP contribution in [-0.2, 0) is 17.8 Å². The normalized spacial score (nSPS) is 11.1. The SMILES string of the molecule is COc1ccc(Cl)cc1CC(=O)NCc1ccc(OCC(F)(F)F)cc1. The number of methoxy groups -OCH3 is 1. The Labute approximate surface area is 153 Å². The highest BCUT2D eigenvalue weighted by atomic mass is 35.5. The van der Waals surface area contributed by atoms with Crippen molar-refractivity contribution in [2.45, 2.75) is 19.1 Å². The highest BCUT2D eigenvalue weighted by molar-refractivity contribution is 6.30. The van der Waals surface area contributed by atoms with Crippen LogP contribution < -0.4 is 14.8 Å². The van der Waals surface area contributed by atoms with Crippen molar-refractivity contribution in [1.29, 1.82) is 0 Å². The van der Waals surface area contributed by atoms with Gasteiger partial charge in [-0.25, -0.2) is 0 Å². The molecule has 0 radical (unpaired) electrons. The van der Waals surface area contributed by atoms with E-state index in [1.165, 1.54) is 19.2 Å². The van der Waals surface area contributed by atoms with E-state index in [0.717, 1.165) is 5.56 Å². The largest absolute Gasteiger partial charge is 0.496 e. The molecule has 0 atom stereocenters. The van der Waals surface area contributed by atoms with E-state index in [1.54, 1.807) is 30.3 Å². The molecule has 0 saturated carbocycles. The lowest BCUT2D eigenvalue weighted by Crippen LogP contribution is -2.24. The predicted octanol–water partition coefficient (Wildman–Crippen LogP) is 4.15. The molecule has 140 valence electrons. The van der Waals surface area contributed by atoms with Crippen LogP contribution in [0.4, 0.5) is 13.2 Å². The Balaban J connectivity index is 1.86. The number of benzene rings is 2. The number of carbonyl (C=O) groups is 1. The summed E-state index contributed by atoms with van der Waals surface area (Å²) in [5.74, 6) is 0.444. The van der Waals surface area contributed by atoms with Crippen molar-refractivity contribution in [1.82, 2.24) is 5.32 Å². The van der Waals surface area contributed by atoms with Gasteiger partial charge in [0.15, 0.2) is 6.61 Å². The number of hydrogen-bond acceptors (Lipinski definition) is 3. The van der Waals surface area contributed by atoms with Crippen LogP contribution in [0.15, 0.2) is 42.5 Å². The first-order chi connectivity index (χ1) is 12.3. The average Bonchev–Trinajstić information content (AvgIpc) is 2.58. The van der Waals surface area contributed by atoms with Crippen LogP contribution in [0.1, 0.15) is 11.1 Å². The number of halogens is 4. The van der Waals surface area contributed by atoms with Crippen LogP contribution in [0.3, 0.4) is 0 Å². The van der Waals surface area contributed by atoms with Gasteiger partial charge in [0, 0.05) is 17.1 Å². The summed E-state index contributed by atoms with van der Waals surface area (Å²) in [5, 5.41) is 3.24. The lowest BCUT2D eigenvalue weighted by molar-refractivity contribution is -0.153. The van der Waals surface area contributed by atoms with Gasteiger partial charge in [-0.3, -0.25) is 4.79 Å². The second-order valence-electron chi connectivity index (χ2n) is 5.46. The molecule has 0 bridgehead atoms. The fourth-order valence-electron chi connectivity index (χ4n) is 2.19. The number of hydrogen-bond donors (Lipinski definition) is 1. The number of amides is 1. The predicted molar refractivity (Wildman–Crippen MR) is 91.5 cm³/mol. The molecule has 0 spiro atoms. The molecule has 1 amide bonds. The molecular formula is C18H17ClF3NO3. The van der Waals surface area contributed by atoms with Gasteiger partial charge in [0.2, 0.25) is 5.91 Å². The van der Waals surface area contributed by atoms with Crippen molar-refractivity contribution in [2.75, 3.05) is 13.7 Å². The van der Waals surface area contributed by atoms with Crippen molar-refractivity contribution in [3.05, 3.63) is 58.6 Å². The topological polar surface area (TPSA) is 47.6 Å². The molecule has 4 nitrogen and oxygen atoms in total. The van der Waals surface area contributed by atoms with Crippen molar-refractivity contribution in [3.8, 4) is 11.5 Å². The Morgan fingerprint density at radius 2 is 1.85 bits per heavy atom. The molecule has 0 aliphatic rings. The van der Waals surface area contributed by atoms with Crippen molar-refractivity contribution in [3.63, 3.8) is 0 Å². The molecule has 0 aliphatic heterocycles. The molecule has 1 N–H and O–H groups in total. The fourth-order valence-corrected chi connectivity index (χ4v) is 2.38. The standard InChI is InChI=1S/C18H17ClF3NO3/c1-25-16-7-4-14(19)8-13(16)9-17(24)23-10-12-2-5-15(6-3-12)26-11-18(20,21)22/h2-8H,9-11H2,1H3,(H,23,24). The third-order valence-corrected chi connectivity index (χ3v) is 3.64. The second kappa shape index (κ2) is 8.80. The third kappa shape index (κ3) is 6.48. The van der Waals surface area contributed by atoms with Gasteiger partial charge in [0.1, 0.15) is 11.5 Å². The van der Waals surface area contributed by atoms with Crippen molar-refractivity contribution < 1.29 is 27.4 Å². The molecule has 0 aliphatic carbocycles. The molecule has 0 unspecified atom stereocenters. The number of nitrogens with one attached hydrogen (secondary N) is 1. The Bertz CT molecular complexity index is 748. The minimum atomic E-state index is -4.38. The van der Waals surface area contributed by atoms with Crippen LogP contribution in [0, 0.1) is 0 Å². The zero-order valence-corrected chi connectivity index (χ0v) is 14.7. The van der Waals surface area contributed by atoms with Crippen molar-refractivity contribution >= 4 is 17.5 Å². The summed E-state index contributed by atoms with van der Waals surface area (Å²) in [6.45, 7) is -1.11. The Kier molecular flexibility index (Phi) is 6.74. The van der Waals surface area contributed by atoms with Crippen LogP contribution in [0.25, 0.3) is 0 Å². The van der Waals surface area contributed by atoms with Gasteiger partial charge < -0.3 is 14.8 Å². The first-order valence-electron chi connectivity index (χ1n) is 7.64. The van der Waals surface area contributed by atoms with Crippen LogP contribution >= 0.6 is 11.6 Å². The first-order valence-corrected chi connectivity index (χ1v) is 8.02. The Morgan fingerprint density at radius 3 is 2.46 bits per heavy atom. The maximum atomic E-state index is 12.1. The van der Waals surface area contributed by atoms with Crippen molar-refractivity contribution in [2.24, 2.45) is 0 Å². The van der Waals surface area contributed by atoms with Crippen LogP contribution in [-0.4, -0.2) is 25.8 Å². The van der Waals surface area contributed by atoms with E-state index in [9.17, 15) is 18.0 Å². The third-order valence-electron chi connectivity index (χ3n) is 3.41. The van der Waals surface area contributed by atoms with E-state index in [0.29, 0.717) is 16.3 Å². The molecule has 0 aromatic heterocycles. The van der Waals surface area contributed by atoms with E-state index in [4.69, 9.17) is 16.3 Å². The lowest BCUT2D eigenvalue weighted by atomic mass is 10.1. The molecule has 0 saturated heterocycles. The Morgan fingerprint density at radius 1 is 1.15 bits per heavy atom. The average molecular weight is 388 g/mol. The van der Waals surface area contributed by atoms with E-state index < -0.39 is 12.8 Å². The molecule has 2 aromatic rings. The highest BCUT2D eigenvalue weighted by Crippen LogP contribution is 2.23. The summed E-state index contributed by atoms with van der Waals surface area (Å²) in [4.78, 5) is 12.1. The van der Waals surface area contributed by atoms with Gasteiger partial charge in [-0.1, -0.05) is 23.7 Å². The minimum absolute atomic E-state index is 0.0938. The number of ether oxygens (including phenoxy) is 2. The first kappa shape index (κ1) is 19.9. The molecule has 2 aromatic carbocycles. The quantitative estimate of drug-likeness (QED) is 0.776. The summed E-state index contributed by atoms with van der Waals surface area (Å²) in [7, 11) is 1.51. The maximum Gasteiger partial charge on any atom is 0.422 e. The van der Waals surface area contributed by atoms with E-state index >= 15 is 0 Å².